The molecule has 0 saturated heterocycles. The SMILES string of the molecule is CCOP(CS)OCC. The molecule has 0 aromatic heterocycles. The molecular formula is C5H13O2PS. The maximum atomic E-state index is 5.20. The second-order valence-electron chi connectivity index (χ2n) is 1.31. The van der Waals surface area contributed by atoms with Gasteiger partial charge in [-0.15, -0.1) is 0 Å². The Morgan fingerprint density at radius 2 is 1.67 bits per heavy atom. The Morgan fingerprint density at radius 3 is 1.89 bits per heavy atom. The van der Waals surface area contributed by atoms with Crippen LogP contribution in [0.4, 0.5) is 0 Å². The Bertz CT molecular complexity index is 56.9. The van der Waals surface area contributed by atoms with Crippen LogP contribution in [-0.2, 0) is 9.05 Å². The second-order valence-corrected chi connectivity index (χ2v) is 3.62. The molecule has 0 aliphatic heterocycles. The highest BCUT2D eigenvalue weighted by atomic mass is 32.1. The van der Waals surface area contributed by atoms with Crippen LogP contribution in [-0.4, -0.2) is 18.7 Å². The molecule has 0 saturated carbocycles. The molecule has 0 bridgehead atoms. The van der Waals surface area contributed by atoms with E-state index in [1.807, 2.05) is 13.8 Å². The number of hydrogen-bond acceptors (Lipinski definition) is 3. The van der Waals surface area contributed by atoms with E-state index in [-0.39, 0.29) is 0 Å². The van der Waals surface area contributed by atoms with E-state index in [9.17, 15) is 0 Å². The zero-order valence-corrected chi connectivity index (χ0v) is 7.62. The second kappa shape index (κ2) is 6.81. The van der Waals surface area contributed by atoms with Gasteiger partial charge in [-0.25, -0.2) is 0 Å². The smallest absolute Gasteiger partial charge is 0.180 e. The molecule has 4 heteroatoms. The molecular weight excluding hydrogens is 155 g/mol. The van der Waals surface area contributed by atoms with Crippen molar-refractivity contribution in [3.8, 4) is 0 Å². The summed E-state index contributed by atoms with van der Waals surface area (Å²) in [6.07, 6.45) is 0. The van der Waals surface area contributed by atoms with Gasteiger partial charge in [-0.05, 0) is 13.8 Å². The molecule has 0 unspecified atom stereocenters. The van der Waals surface area contributed by atoms with E-state index in [2.05, 4.69) is 12.6 Å². The van der Waals surface area contributed by atoms with Crippen LogP contribution in [0, 0.1) is 0 Å². The summed E-state index contributed by atoms with van der Waals surface area (Å²) in [6.45, 7) is 5.34. The molecule has 0 aliphatic carbocycles. The van der Waals surface area contributed by atoms with Crippen LogP contribution < -0.4 is 0 Å². The highest BCUT2D eigenvalue weighted by molar-refractivity contribution is 7.87. The van der Waals surface area contributed by atoms with E-state index >= 15 is 0 Å². The van der Waals surface area contributed by atoms with Crippen molar-refractivity contribution < 1.29 is 9.05 Å². The summed E-state index contributed by atoms with van der Waals surface area (Å²) >= 11 is 4.06. The van der Waals surface area contributed by atoms with E-state index in [1.54, 1.807) is 0 Å². The van der Waals surface area contributed by atoms with E-state index in [4.69, 9.17) is 9.05 Å². The Labute approximate surface area is 63.3 Å². The van der Waals surface area contributed by atoms with Crippen LogP contribution in [0.25, 0.3) is 0 Å². The maximum absolute atomic E-state index is 5.20. The van der Waals surface area contributed by atoms with Crippen molar-refractivity contribution in [2.45, 2.75) is 13.8 Å². The van der Waals surface area contributed by atoms with Gasteiger partial charge in [0.1, 0.15) is 0 Å². The normalized spacial score (nSPS) is 10.7. The minimum absolute atomic E-state index is 0.691. The third kappa shape index (κ3) is 5.16. The van der Waals surface area contributed by atoms with Gasteiger partial charge in [0.15, 0.2) is 8.38 Å². The molecule has 0 spiro atoms. The van der Waals surface area contributed by atoms with E-state index in [1.165, 1.54) is 0 Å². The van der Waals surface area contributed by atoms with Gasteiger partial charge >= 0.3 is 0 Å². The molecule has 9 heavy (non-hydrogen) atoms. The molecule has 0 atom stereocenters. The van der Waals surface area contributed by atoms with Crippen molar-refractivity contribution >= 4 is 21.0 Å². The van der Waals surface area contributed by atoms with Crippen molar-refractivity contribution in [3.05, 3.63) is 0 Å². The summed E-state index contributed by atoms with van der Waals surface area (Å²) in [7, 11) is -0.694. The topological polar surface area (TPSA) is 18.5 Å². The van der Waals surface area contributed by atoms with Crippen molar-refractivity contribution in [2.75, 3.05) is 18.7 Å². The number of thiol groups is 1. The van der Waals surface area contributed by atoms with Gasteiger partial charge in [-0.3, -0.25) is 0 Å². The molecule has 0 amide bonds. The minimum atomic E-state index is -0.694. The lowest BCUT2D eigenvalue weighted by molar-refractivity contribution is 0.273. The van der Waals surface area contributed by atoms with Crippen LogP contribution in [0.3, 0.4) is 0 Å². The van der Waals surface area contributed by atoms with Crippen molar-refractivity contribution in [2.24, 2.45) is 0 Å². The van der Waals surface area contributed by atoms with E-state index in [0.717, 1.165) is 0 Å². The first-order chi connectivity index (χ1) is 4.35. The fourth-order valence-corrected chi connectivity index (χ4v) is 1.71. The predicted molar refractivity (Wildman–Crippen MR) is 44.0 cm³/mol. The first-order valence-electron chi connectivity index (χ1n) is 2.99. The largest absolute Gasteiger partial charge is 0.334 e. The van der Waals surface area contributed by atoms with Crippen molar-refractivity contribution in [1.29, 1.82) is 0 Å². The first kappa shape index (κ1) is 9.70. The monoisotopic (exact) mass is 168 g/mol. The molecule has 56 valence electrons. The van der Waals surface area contributed by atoms with Gasteiger partial charge in [0.2, 0.25) is 0 Å². The van der Waals surface area contributed by atoms with Crippen LogP contribution in [0.5, 0.6) is 0 Å². The Kier molecular flexibility index (Phi) is 7.34. The Morgan fingerprint density at radius 1 is 1.22 bits per heavy atom. The summed E-state index contributed by atoms with van der Waals surface area (Å²) in [4.78, 5) is 0. The molecule has 0 radical (unpaired) electrons. The summed E-state index contributed by atoms with van der Waals surface area (Å²) in [5.74, 6) is 0. The Balaban J connectivity index is 3.18. The fourth-order valence-electron chi connectivity index (χ4n) is 0.407. The minimum Gasteiger partial charge on any atom is -0.334 e. The molecule has 0 aromatic carbocycles. The maximum Gasteiger partial charge on any atom is 0.180 e. The average Bonchev–Trinajstić information content (AvgIpc) is 1.88. The number of rotatable bonds is 5. The van der Waals surface area contributed by atoms with Crippen LogP contribution in [0.1, 0.15) is 13.8 Å². The quantitative estimate of drug-likeness (QED) is 0.501. The van der Waals surface area contributed by atoms with Gasteiger partial charge in [0, 0.05) is 0 Å². The third-order valence-electron chi connectivity index (χ3n) is 0.662. The lowest BCUT2D eigenvalue weighted by Gasteiger charge is -2.11. The summed E-state index contributed by atoms with van der Waals surface area (Å²) in [5.41, 5.74) is 0.691. The Hall–Kier alpha value is 0.700. The number of hydrogen-bond donors (Lipinski definition) is 1. The summed E-state index contributed by atoms with van der Waals surface area (Å²) in [6, 6.07) is 0. The standard InChI is InChI=1S/C5H13O2PS/c1-3-6-8(5-9)7-4-2/h9H,3-5H2,1-2H3. The summed E-state index contributed by atoms with van der Waals surface area (Å²) in [5, 5.41) is 0. The molecule has 2 nitrogen and oxygen atoms in total. The molecule has 0 N–H and O–H groups in total. The lowest BCUT2D eigenvalue weighted by atomic mass is 10.9. The highest BCUT2D eigenvalue weighted by Crippen LogP contribution is 2.38. The van der Waals surface area contributed by atoms with Crippen LogP contribution in [0.15, 0.2) is 0 Å². The van der Waals surface area contributed by atoms with Crippen molar-refractivity contribution in [1.82, 2.24) is 0 Å². The van der Waals surface area contributed by atoms with Gasteiger partial charge in [0.25, 0.3) is 0 Å². The highest BCUT2D eigenvalue weighted by Gasteiger charge is 2.03. The average molecular weight is 168 g/mol. The van der Waals surface area contributed by atoms with Gasteiger partial charge < -0.3 is 9.05 Å². The summed E-state index contributed by atoms with van der Waals surface area (Å²) < 4.78 is 10.4. The zero-order valence-electron chi connectivity index (χ0n) is 5.83. The van der Waals surface area contributed by atoms with Crippen LogP contribution in [0.2, 0.25) is 0 Å². The van der Waals surface area contributed by atoms with E-state index in [0.29, 0.717) is 18.7 Å². The molecule has 0 fully saturated rings. The van der Waals surface area contributed by atoms with Crippen molar-refractivity contribution in [3.63, 3.8) is 0 Å². The van der Waals surface area contributed by atoms with Gasteiger partial charge in [-0.1, -0.05) is 0 Å². The lowest BCUT2D eigenvalue weighted by Crippen LogP contribution is -1.90. The molecule has 0 rings (SSSR count). The van der Waals surface area contributed by atoms with E-state index < -0.39 is 8.38 Å². The molecule has 0 heterocycles. The molecule has 0 aromatic rings. The van der Waals surface area contributed by atoms with Gasteiger partial charge in [-0.2, -0.15) is 12.6 Å². The first-order valence-corrected chi connectivity index (χ1v) is 4.98. The molecule has 0 aliphatic rings. The van der Waals surface area contributed by atoms with Gasteiger partial charge in [0.05, 0.1) is 18.7 Å². The predicted octanol–water partition coefficient (Wildman–Crippen LogP) is 2.26. The zero-order chi connectivity index (χ0) is 7.11. The third-order valence-corrected chi connectivity index (χ3v) is 2.68. The van der Waals surface area contributed by atoms with Crippen LogP contribution >= 0.6 is 21.0 Å². The fraction of sp³-hybridized carbons (Fsp3) is 1.00.